The Morgan fingerprint density at radius 1 is 1.18 bits per heavy atom. The molecule has 0 bridgehead atoms. The van der Waals surface area contributed by atoms with E-state index in [1.54, 1.807) is 31.2 Å². The lowest BCUT2D eigenvalue weighted by molar-refractivity contribution is -0.384. The van der Waals surface area contributed by atoms with E-state index >= 15 is 0 Å². The molecule has 0 saturated carbocycles. The molecule has 0 aliphatic carbocycles. The number of non-ortho nitro benzene ring substituents is 1. The summed E-state index contributed by atoms with van der Waals surface area (Å²) < 4.78 is 12.0. The van der Waals surface area contributed by atoms with E-state index < -0.39 is 23.4 Å². The molecule has 0 saturated heterocycles. The van der Waals surface area contributed by atoms with E-state index in [0.29, 0.717) is 11.4 Å². The first-order valence-electron chi connectivity index (χ1n) is 10.3. The summed E-state index contributed by atoms with van der Waals surface area (Å²) in [7, 11) is 0. The van der Waals surface area contributed by atoms with Crippen LogP contribution in [0.4, 0.5) is 11.4 Å². The first-order chi connectivity index (χ1) is 16.4. The van der Waals surface area contributed by atoms with E-state index in [1.165, 1.54) is 40.0 Å². The lowest BCUT2D eigenvalue weighted by atomic mass is 10.2. The zero-order valence-corrected chi connectivity index (χ0v) is 18.3. The number of nitrogens with zero attached hydrogens (tertiary/aromatic N) is 5. The Bertz CT molecular complexity index is 1200. The normalized spacial score (nSPS) is 10.2. The lowest BCUT2D eigenvalue weighted by Crippen LogP contribution is -2.35. The molecule has 174 valence electrons. The van der Waals surface area contributed by atoms with Gasteiger partial charge >= 0.3 is 5.97 Å². The van der Waals surface area contributed by atoms with Gasteiger partial charge in [-0.1, -0.05) is 18.2 Å². The minimum Gasteiger partial charge on any atom is -0.479 e. The number of amides is 1. The second kappa shape index (κ2) is 11.2. The lowest BCUT2D eigenvalue weighted by Gasteiger charge is -2.21. The molecule has 11 nitrogen and oxygen atoms in total. The molecule has 34 heavy (non-hydrogen) atoms. The zero-order valence-electron chi connectivity index (χ0n) is 18.3. The van der Waals surface area contributed by atoms with Crippen LogP contribution >= 0.6 is 0 Å². The molecular formula is C23H21N5O6. The number of para-hydroxylation sites is 1. The second-order valence-electron chi connectivity index (χ2n) is 6.86. The van der Waals surface area contributed by atoms with Gasteiger partial charge in [0.15, 0.2) is 12.4 Å². The summed E-state index contributed by atoms with van der Waals surface area (Å²) in [6, 6.07) is 16.4. The molecule has 2 aromatic carbocycles. The first kappa shape index (κ1) is 23.9. The summed E-state index contributed by atoms with van der Waals surface area (Å²) in [5, 5.41) is 24.0. The van der Waals surface area contributed by atoms with Crippen LogP contribution in [-0.4, -0.2) is 46.3 Å². The molecule has 3 aromatic rings. The van der Waals surface area contributed by atoms with Crippen LogP contribution in [0.2, 0.25) is 0 Å². The number of nitro groups is 1. The van der Waals surface area contributed by atoms with Gasteiger partial charge in [-0.15, -0.1) is 0 Å². The number of hydrogen-bond acceptors (Lipinski definition) is 8. The smallest absolute Gasteiger partial charge is 0.362 e. The Morgan fingerprint density at radius 2 is 1.88 bits per heavy atom. The highest BCUT2D eigenvalue weighted by Crippen LogP contribution is 2.23. The number of esters is 1. The number of rotatable bonds is 10. The predicted molar refractivity (Wildman–Crippen MR) is 121 cm³/mol. The van der Waals surface area contributed by atoms with Crippen molar-refractivity contribution in [2.45, 2.75) is 13.3 Å². The van der Waals surface area contributed by atoms with Gasteiger partial charge in [-0.3, -0.25) is 14.9 Å². The fourth-order valence-corrected chi connectivity index (χ4v) is 3.05. The Kier molecular flexibility index (Phi) is 7.91. The van der Waals surface area contributed by atoms with Gasteiger partial charge in [0.25, 0.3) is 11.6 Å². The van der Waals surface area contributed by atoms with Crippen molar-refractivity contribution in [2.75, 3.05) is 24.7 Å². The highest BCUT2D eigenvalue weighted by atomic mass is 16.6. The number of benzene rings is 2. The molecule has 0 N–H and O–H groups in total. The van der Waals surface area contributed by atoms with E-state index in [4.69, 9.17) is 14.7 Å². The van der Waals surface area contributed by atoms with Crippen molar-refractivity contribution in [3.8, 4) is 17.5 Å². The third-order valence-corrected chi connectivity index (χ3v) is 4.64. The average Bonchev–Trinajstić information content (AvgIpc) is 3.28. The molecule has 0 aliphatic heterocycles. The van der Waals surface area contributed by atoms with Crippen molar-refractivity contribution in [1.29, 1.82) is 5.26 Å². The van der Waals surface area contributed by atoms with Crippen molar-refractivity contribution in [3.05, 3.63) is 76.6 Å². The van der Waals surface area contributed by atoms with Gasteiger partial charge in [0.05, 0.1) is 35.9 Å². The molecular weight excluding hydrogens is 442 g/mol. The number of hydrogen-bond donors (Lipinski definition) is 0. The SMILES string of the molecule is CCOC(=O)c1nn(-c2ccc([N+](=O)[O-])cc2)cc1OCC(=O)N(CCC#N)c1ccccc1. The Balaban J connectivity index is 1.84. The highest BCUT2D eigenvalue weighted by molar-refractivity contribution is 5.95. The predicted octanol–water partition coefficient (Wildman–Crippen LogP) is 3.28. The largest absolute Gasteiger partial charge is 0.479 e. The van der Waals surface area contributed by atoms with Crippen LogP contribution in [0, 0.1) is 21.4 Å². The second-order valence-corrected chi connectivity index (χ2v) is 6.86. The maximum absolute atomic E-state index is 12.9. The van der Waals surface area contributed by atoms with Gasteiger partial charge in [0, 0.05) is 24.4 Å². The Labute approximate surface area is 194 Å². The van der Waals surface area contributed by atoms with Gasteiger partial charge in [0.2, 0.25) is 5.69 Å². The fourth-order valence-electron chi connectivity index (χ4n) is 3.05. The summed E-state index contributed by atoms with van der Waals surface area (Å²) in [5.74, 6) is -1.15. The summed E-state index contributed by atoms with van der Waals surface area (Å²) in [6.45, 7) is 1.51. The van der Waals surface area contributed by atoms with Crippen LogP contribution < -0.4 is 9.64 Å². The highest BCUT2D eigenvalue weighted by Gasteiger charge is 2.23. The molecule has 1 heterocycles. The minimum absolute atomic E-state index is 0.0125. The molecule has 1 aromatic heterocycles. The van der Waals surface area contributed by atoms with Gasteiger partial charge in [-0.2, -0.15) is 10.4 Å². The maximum atomic E-state index is 12.9. The molecule has 0 fully saturated rings. The molecule has 11 heteroatoms. The monoisotopic (exact) mass is 463 g/mol. The zero-order chi connectivity index (χ0) is 24.5. The first-order valence-corrected chi connectivity index (χ1v) is 10.3. The van der Waals surface area contributed by atoms with Crippen LogP contribution in [0.1, 0.15) is 23.8 Å². The van der Waals surface area contributed by atoms with Crippen molar-refractivity contribution in [1.82, 2.24) is 9.78 Å². The summed E-state index contributed by atoms with van der Waals surface area (Å²) in [6.07, 6.45) is 1.52. The van der Waals surface area contributed by atoms with Crippen molar-refractivity contribution in [3.63, 3.8) is 0 Å². The Morgan fingerprint density at radius 3 is 2.50 bits per heavy atom. The number of ether oxygens (including phenoxy) is 2. The summed E-state index contributed by atoms with van der Waals surface area (Å²) in [5.41, 5.74) is 0.814. The van der Waals surface area contributed by atoms with Crippen LogP contribution in [0.25, 0.3) is 5.69 Å². The van der Waals surface area contributed by atoms with Crippen LogP contribution in [-0.2, 0) is 9.53 Å². The van der Waals surface area contributed by atoms with E-state index in [9.17, 15) is 19.7 Å². The molecule has 0 atom stereocenters. The molecule has 0 aliphatic rings. The number of anilines is 1. The van der Waals surface area contributed by atoms with Crippen LogP contribution in [0.5, 0.6) is 5.75 Å². The number of aromatic nitrogens is 2. The Hall–Kier alpha value is -4.72. The quantitative estimate of drug-likeness (QED) is 0.253. The van der Waals surface area contributed by atoms with E-state index in [2.05, 4.69) is 5.10 Å². The average molecular weight is 463 g/mol. The third kappa shape index (κ3) is 5.74. The standard InChI is InChI=1S/C23H21N5O6/c1-2-33-23(30)22-20(15-27(25-22)18-9-11-19(12-10-18)28(31)32)34-16-21(29)26(14-6-13-24)17-7-4-3-5-8-17/h3-5,7-12,15H,2,6,14,16H2,1H3. The van der Waals surface area contributed by atoms with Crippen LogP contribution in [0.3, 0.4) is 0 Å². The van der Waals surface area contributed by atoms with Crippen molar-refractivity contribution < 1.29 is 24.0 Å². The molecule has 3 rings (SSSR count). The van der Waals surface area contributed by atoms with Gasteiger partial charge in [0.1, 0.15) is 0 Å². The fraction of sp³-hybridized carbons (Fsp3) is 0.217. The van der Waals surface area contributed by atoms with Gasteiger partial charge < -0.3 is 14.4 Å². The summed E-state index contributed by atoms with van der Waals surface area (Å²) in [4.78, 5) is 37.1. The molecule has 0 unspecified atom stereocenters. The van der Waals surface area contributed by atoms with E-state index in [1.807, 2.05) is 12.1 Å². The third-order valence-electron chi connectivity index (χ3n) is 4.64. The topological polar surface area (TPSA) is 141 Å². The number of carbonyl (C=O) groups is 2. The molecule has 0 radical (unpaired) electrons. The van der Waals surface area contributed by atoms with E-state index in [-0.39, 0.29) is 36.7 Å². The molecule has 1 amide bonds. The number of carbonyl (C=O) groups excluding carboxylic acids is 2. The minimum atomic E-state index is -0.741. The van der Waals surface area contributed by atoms with Crippen molar-refractivity contribution in [2.24, 2.45) is 0 Å². The van der Waals surface area contributed by atoms with Gasteiger partial charge in [-0.05, 0) is 31.2 Å². The number of nitro benzene ring substituents is 1. The molecule has 0 spiro atoms. The number of nitriles is 1. The van der Waals surface area contributed by atoms with Crippen LogP contribution in [0.15, 0.2) is 60.8 Å². The van der Waals surface area contributed by atoms with Crippen molar-refractivity contribution >= 4 is 23.3 Å². The maximum Gasteiger partial charge on any atom is 0.362 e. The van der Waals surface area contributed by atoms with E-state index in [0.717, 1.165) is 0 Å². The summed E-state index contributed by atoms with van der Waals surface area (Å²) >= 11 is 0. The van der Waals surface area contributed by atoms with Gasteiger partial charge in [-0.25, -0.2) is 9.48 Å².